The quantitative estimate of drug-likeness (QED) is 0.738. The van der Waals surface area contributed by atoms with Crippen molar-refractivity contribution in [3.05, 3.63) is 60.7 Å². The molecule has 29 heavy (non-hydrogen) atoms. The monoisotopic (exact) mass is 390 g/mol. The van der Waals surface area contributed by atoms with Gasteiger partial charge >= 0.3 is 0 Å². The highest BCUT2D eigenvalue weighted by molar-refractivity contribution is 5.94. The molecule has 0 bridgehead atoms. The first-order valence-electron chi connectivity index (χ1n) is 9.57. The Morgan fingerprint density at radius 1 is 1.03 bits per heavy atom. The molecular weight excluding hydrogens is 368 g/mol. The molecule has 8 heteroatoms. The van der Waals surface area contributed by atoms with Gasteiger partial charge in [-0.05, 0) is 49.2 Å². The zero-order chi connectivity index (χ0) is 20.2. The van der Waals surface area contributed by atoms with E-state index in [1.165, 1.54) is 0 Å². The van der Waals surface area contributed by atoms with Crippen LogP contribution in [0.2, 0.25) is 0 Å². The molecule has 0 atom stereocenters. The maximum Gasteiger partial charge on any atom is 0.272 e. The summed E-state index contributed by atoms with van der Waals surface area (Å²) in [5.74, 6) is 0.442. The van der Waals surface area contributed by atoms with Crippen LogP contribution < -0.4 is 5.32 Å². The summed E-state index contributed by atoms with van der Waals surface area (Å²) in [4.78, 5) is 35.2. The maximum absolute atomic E-state index is 12.6. The van der Waals surface area contributed by atoms with Gasteiger partial charge in [0.05, 0.1) is 0 Å². The number of hydrogen-bond acceptors (Lipinski definition) is 5. The standard InChI is InChI=1S/C21H22N6O2/c1-26-14-23-19(25-26)15-5-7-17(8-6-15)24-20(28)16-9-12-27(13-10-16)21(29)18-4-2-3-11-22-18/h2-8,11,14,16H,9-10,12-13H2,1H3,(H,24,28). The number of anilines is 1. The first-order valence-corrected chi connectivity index (χ1v) is 9.57. The summed E-state index contributed by atoms with van der Waals surface area (Å²) in [6, 6.07) is 12.8. The average molecular weight is 390 g/mol. The van der Waals surface area contributed by atoms with Crippen LogP contribution in [0.1, 0.15) is 23.3 Å². The van der Waals surface area contributed by atoms with Gasteiger partial charge in [-0.3, -0.25) is 19.3 Å². The number of carbonyl (C=O) groups is 2. The van der Waals surface area contributed by atoms with Crippen molar-refractivity contribution in [1.82, 2.24) is 24.6 Å². The van der Waals surface area contributed by atoms with Crippen LogP contribution in [-0.2, 0) is 11.8 Å². The predicted molar refractivity (Wildman–Crippen MR) is 108 cm³/mol. The molecule has 0 aliphatic carbocycles. The van der Waals surface area contributed by atoms with Crippen LogP contribution in [0.25, 0.3) is 11.4 Å². The number of aromatic nitrogens is 4. The number of nitrogens with one attached hydrogen (secondary N) is 1. The minimum absolute atomic E-state index is 0.0151. The fourth-order valence-corrected chi connectivity index (χ4v) is 3.41. The van der Waals surface area contributed by atoms with Gasteiger partial charge < -0.3 is 10.2 Å². The average Bonchev–Trinajstić information content (AvgIpc) is 3.21. The zero-order valence-corrected chi connectivity index (χ0v) is 16.2. The Morgan fingerprint density at radius 3 is 2.41 bits per heavy atom. The van der Waals surface area contributed by atoms with Gasteiger partial charge in [0.15, 0.2) is 5.82 Å². The molecule has 3 heterocycles. The molecule has 1 fully saturated rings. The Labute approximate surface area is 168 Å². The van der Waals surface area contributed by atoms with Crippen molar-refractivity contribution >= 4 is 17.5 Å². The summed E-state index contributed by atoms with van der Waals surface area (Å²) in [6.45, 7) is 1.11. The van der Waals surface area contributed by atoms with Gasteiger partial charge in [0, 0.05) is 43.5 Å². The van der Waals surface area contributed by atoms with Gasteiger partial charge in [0.2, 0.25) is 5.91 Å². The van der Waals surface area contributed by atoms with Crippen LogP contribution in [0.4, 0.5) is 5.69 Å². The fourth-order valence-electron chi connectivity index (χ4n) is 3.41. The van der Waals surface area contributed by atoms with Crippen LogP contribution in [0, 0.1) is 5.92 Å². The van der Waals surface area contributed by atoms with Crippen molar-refractivity contribution in [2.75, 3.05) is 18.4 Å². The first-order chi connectivity index (χ1) is 14.1. The number of amides is 2. The Bertz CT molecular complexity index is 992. The molecule has 0 saturated carbocycles. The number of benzene rings is 1. The third kappa shape index (κ3) is 4.31. The SMILES string of the molecule is Cn1cnc(-c2ccc(NC(=O)C3CCN(C(=O)c4ccccn4)CC3)cc2)n1. The molecule has 2 aromatic heterocycles. The molecular formula is C21H22N6O2. The number of nitrogens with zero attached hydrogens (tertiary/aromatic N) is 5. The van der Waals surface area contributed by atoms with E-state index in [9.17, 15) is 9.59 Å². The molecule has 8 nitrogen and oxygen atoms in total. The van der Waals surface area contributed by atoms with E-state index >= 15 is 0 Å². The van der Waals surface area contributed by atoms with Crippen molar-refractivity contribution in [2.45, 2.75) is 12.8 Å². The van der Waals surface area contributed by atoms with E-state index in [0.29, 0.717) is 37.4 Å². The zero-order valence-electron chi connectivity index (χ0n) is 16.2. The van der Waals surface area contributed by atoms with E-state index in [2.05, 4.69) is 20.4 Å². The molecule has 1 aliphatic heterocycles. The van der Waals surface area contributed by atoms with Gasteiger partial charge in [-0.1, -0.05) is 6.07 Å². The van der Waals surface area contributed by atoms with Crippen LogP contribution in [0.3, 0.4) is 0 Å². The Hall–Kier alpha value is -3.55. The third-order valence-electron chi connectivity index (χ3n) is 5.05. The fraction of sp³-hybridized carbons (Fsp3) is 0.286. The highest BCUT2D eigenvalue weighted by atomic mass is 16.2. The Kier molecular flexibility index (Phi) is 5.33. The molecule has 1 aromatic carbocycles. The molecule has 1 N–H and O–H groups in total. The van der Waals surface area contributed by atoms with E-state index in [4.69, 9.17) is 0 Å². The van der Waals surface area contributed by atoms with Crippen molar-refractivity contribution in [1.29, 1.82) is 0 Å². The topological polar surface area (TPSA) is 93.0 Å². The molecule has 0 radical (unpaired) electrons. The lowest BCUT2D eigenvalue weighted by Crippen LogP contribution is -2.41. The molecule has 4 rings (SSSR count). The van der Waals surface area contributed by atoms with Crippen molar-refractivity contribution in [3.63, 3.8) is 0 Å². The molecule has 1 saturated heterocycles. The number of likely N-dealkylation sites (tertiary alicyclic amines) is 1. The van der Waals surface area contributed by atoms with E-state index in [0.717, 1.165) is 11.3 Å². The van der Waals surface area contributed by atoms with Gasteiger partial charge in [0.1, 0.15) is 12.0 Å². The number of piperidine rings is 1. The van der Waals surface area contributed by atoms with Crippen LogP contribution in [-0.4, -0.2) is 49.6 Å². The van der Waals surface area contributed by atoms with Gasteiger partial charge in [-0.2, -0.15) is 5.10 Å². The smallest absolute Gasteiger partial charge is 0.272 e. The normalized spacial score (nSPS) is 14.6. The van der Waals surface area contributed by atoms with Crippen LogP contribution in [0.5, 0.6) is 0 Å². The number of rotatable bonds is 4. The van der Waals surface area contributed by atoms with E-state index in [1.807, 2.05) is 31.3 Å². The van der Waals surface area contributed by atoms with E-state index < -0.39 is 0 Å². The second-order valence-corrected chi connectivity index (χ2v) is 7.09. The second-order valence-electron chi connectivity index (χ2n) is 7.09. The van der Waals surface area contributed by atoms with E-state index in [1.54, 1.807) is 40.3 Å². The highest BCUT2D eigenvalue weighted by Crippen LogP contribution is 2.22. The molecule has 1 aliphatic rings. The summed E-state index contributed by atoms with van der Waals surface area (Å²) in [5.41, 5.74) is 2.07. The molecule has 2 amide bonds. The second kappa shape index (κ2) is 8.22. The Morgan fingerprint density at radius 2 is 1.79 bits per heavy atom. The van der Waals surface area contributed by atoms with Crippen molar-refractivity contribution in [3.8, 4) is 11.4 Å². The number of hydrogen-bond donors (Lipinski definition) is 1. The molecule has 3 aromatic rings. The van der Waals surface area contributed by atoms with Crippen molar-refractivity contribution < 1.29 is 9.59 Å². The number of pyridine rings is 1. The predicted octanol–water partition coefficient (Wildman–Crippen LogP) is 2.37. The summed E-state index contributed by atoms with van der Waals surface area (Å²) < 4.78 is 1.65. The lowest BCUT2D eigenvalue weighted by Gasteiger charge is -2.31. The minimum atomic E-state index is -0.111. The van der Waals surface area contributed by atoms with E-state index in [-0.39, 0.29) is 17.7 Å². The van der Waals surface area contributed by atoms with Crippen molar-refractivity contribution in [2.24, 2.45) is 13.0 Å². The maximum atomic E-state index is 12.6. The molecule has 0 unspecified atom stereocenters. The van der Waals surface area contributed by atoms with Crippen LogP contribution in [0.15, 0.2) is 55.0 Å². The lowest BCUT2D eigenvalue weighted by atomic mass is 9.95. The summed E-state index contributed by atoms with van der Waals surface area (Å²) in [6.07, 6.45) is 4.54. The first kappa shape index (κ1) is 18.8. The van der Waals surface area contributed by atoms with Gasteiger partial charge in [-0.25, -0.2) is 4.98 Å². The highest BCUT2D eigenvalue weighted by Gasteiger charge is 2.28. The number of carbonyl (C=O) groups excluding carboxylic acids is 2. The lowest BCUT2D eigenvalue weighted by molar-refractivity contribution is -0.121. The Balaban J connectivity index is 1.31. The minimum Gasteiger partial charge on any atom is -0.337 e. The summed E-state index contributed by atoms with van der Waals surface area (Å²) in [5, 5.41) is 7.24. The molecule has 0 spiro atoms. The van der Waals surface area contributed by atoms with Gasteiger partial charge in [0.25, 0.3) is 5.91 Å². The third-order valence-corrected chi connectivity index (χ3v) is 5.05. The largest absolute Gasteiger partial charge is 0.337 e. The number of aryl methyl sites for hydroxylation is 1. The van der Waals surface area contributed by atoms with Gasteiger partial charge in [-0.15, -0.1) is 0 Å². The van der Waals surface area contributed by atoms with Crippen LogP contribution >= 0.6 is 0 Å². The summed E-state index contributed by atoms with van der Waals surface area (Å²) >= 11 is 0. The molecule has 148 valence electrons. The summed E-state index contributed by atoms with van der Waals surface area (Å²) in [7, 11) is 1.82.